The monoisotopic (exact) mass is 740 g/mol. The van der Waals surface area contributed by atoms with E-state index < -0.39 is 0 Å². The minimum absolute atomic E-state index is 0.606. The first kappa shape index (κ1) is 30.7. The van der Waals surface area contributed by atoms with Crippen LogP contribution in [0.4, 0.5) is 17.1 Å². The van der Waals surface area contributed by atoms with E-state index in [9.17, 15) is 0 Å². The highest BCUT2D eigenvalue weighted by Crippen LogP contribution is 2.44. The van der Waals surface area contributed by atoms with Crippen LogP contribution < -0.4 is 4.90 Å². The molecule has 4 aromatic heterocycles. The number of hydrogen-bond acceptors (Lipinski definition) is 6. The second kappa shape index (κ2) is 11.9. The molecule has 0 aliphatic heterocycles. The number of rotatable bonds is 5. The highest BCUT2D eigenvalue weighted by atomic mass is 32.1. The van der Waals surface area contributed by atoms with Gasteiger partial charge >= 0.3 is 0 Å². The summed E-state index contributed by atoms with van der Waals surface area (Å²) in [6.07, 6.45) is 0. The fourth-order valence-corrected chi connectivity index (χ4v) is 10.3. The van der Waals surface area contributed by atoms with E-state index in [2.05, 4.69) is 138 Å². The molecule has 0 N–H and O–H groups in total. The van der Waals surface area contributed by atoms with E-state index in [4.69, 9.17) is 13.8 Å². The molecular formula is C49H28N2O2S2. The van der Waals surface area contributed by atoms with Gasteiger partial charge in [0.1, 0.15) is 16.7 Å². The molecule has 258 valence electrons. The number of oxazole rings is 1. The molecule has 0 radical (unpaired) electrons. The summed E-state index contributed by atoms with van der Waals surface area (Å²) in [6, 6.07) is 60.4. The zero-order valence-corrected chi connectivity index (χ0v) is 30.8. The van der Waals surface area contributed by atoms with Gasteiger partial charge in [-0.2, -0.15) is 0 Å². The van der Waals surface area contributed by atoms with Crippen molar-refractivity contribution in [3.05, 3.63) is 170 Å². The summed E-state index contributed by atoms with van der Waals surface area (Å²) in [5.74, 6) is 0.606. The van der Waals surface area contributed by atoms with Crippen molar-refractivity contribution in [3.63, 3.8) is 0 Å². The highest BCUT2D eigenvalue weighted by Gasteiger charge is 2.19. The van der Waals surface area contributed by atoms with Crippen molar-refractivity contribution in [2.45, 2.75) is 0 Å². The molecule has 0 amide bonds. The lowest BCUT2D eigenvalue weighted by atomic mass is 10.0. The fraction of sp³-hybridized carbons (Fsp3) is 0. The van der Waals surface area contributed by atoms with E-state index in [1.165, 1.54) is 40.3 Å². The molecule has 0 fully saturated rings. The van der Waals surface area contributed by atoms with Gasteiger partial charge in [0, 0.05) is 85.4 Å². The fourth-order valence-electron chi connectivity index (χ4n) is 8.09. The highest BCUT2D eigenvalue weighted by molar-refractivity contribution is 7.26. The van der Waals surface area contributed by atoms with E-state index in [-0.39, 0.29) is 0 Å². The van der Waals surface area contributed by atoms with Crippen molar-refractivity contribution in [1.82, 2.24) is 4.98 Å². The van der Waals surface area contributed by atoms with Crippen LogP contribution in [-0.4, -0.2) is 4.98 Å². The first-order valence-corrected chi connectivity index (χ1v) is 19.9. The van der Waals surface area contributed by atoms with Gasteiger partial charge in [-0.15, -0.1) is 22.7 Å². The molecule has 55 heavy (non-hydrogen) atoms. The van der Waals surface area contributed by atoms with Crippen LogP contribution >= 0.6 is 22.7 Å². The number of furan rings is 1. The van der Waals surface area contributed by atoms with Gasteiger partial charge in [-0.3, -0.25) is 0 Å². The van der Waals surface area contributed by atoms with Crippen LogP contribution in [0.1, 0.15) is 0 Å². The third kappa shape index (κ3) is 4.85. The molecule has 0 atom stereocenters. The lowest BCUT2D eigenvalue weighted by Gasteiger charge is -2.26. The number of hydrogen-bond donors (Lipinski definition) is 0. The van der Waals surface area contributed by atoms with E-state index in [0.717, 1.165) is 66.8 Å². The van der Waals surface area contributed by atoms with Gasteiger partial charge in [-0.25, -0.2) is 4.98 Å². The number of thiophene rings is 2. The Labute approximate surface area is 322 Å². The number of fused-ring (bicyclic) bond motifs is 10. The van der Waals surface area contributed by atoms with Crippen molar-refractivity contribution in [1.29, 1.82) is 0 Å². The van der Waals surface area contributed by atoms with Crippen LogP contribution in [0.25, 0.3) is 96.0 Å². The third-order valence-corrected chi connectivity index (χ3v) is 13.0. The molecular weight excluding hydrogens is 713 g/mol. The molecule has 0 unspecified atom stereocenters. The Morgan fingerprint density at radius 2 is 1.00 bits per heavy atom. The minimum Gasteiger partial charge on any atom is -0.455 e. The largest absolute Gasteiger partial charge is 0.455 e. The number of benzene rings is 8. The number of aromatic nitrogens is 1. The van der Waals surface area contributed by atoms with Crippen LogP contribution in [0.3, 0.4) is 0 Å². The summed E-state index contributed by atoms with van der Waals surface area (Å²) >= 11 is 3.69. The average Bonchev–Trinajstić information content (AvgIpc) is 4.02. The molecule has 0 saturated heterocycles. The van der Waals surface area contributed by atoms with Gasteiger partial charge in [0.2, 0.25) is 5.89 Å². The van der Waals surface area contributed by atoms with Gasteiger partial charge in [0.15, 0.2) is 5.58 Å². The predicted octanol–water partition coefficient (Wildman–Crippen LogP) is 15.3. The van der Waals surface area contributed by atoms with Gasteiger partial charge < -0.3 is 13.7 Å². The average molecular weight is 741 g/mol. The zero-order valence-electron chi connectivity index (χ0n) is 29.2. The van der Waals surface area contributed by atoms with Gasteiger partial charge in [-0.05, 0) is 84.4 Å². The summed E-state index contributed by atoms with van der Waals surface area (Å²) < 4.78 is 18.0. The molecule has 0 spiro atoms. The topological polar surface area (TPSA) is 42.4 Å². The van der Waals surface area contributed by atoms with Crippen molar-refractivity contribution >= 4 is 113 Å². The van der Waals surface area contributed by atoms with Crippen LogP contribution in [-0.2, 0) is 0 Å². The normalized spacial score (nSPS) is 12.0. The third-order valence-electron chi connectivity index (χ3n) is 10.7. The predicted molar refractivity (Wildman–Crippen MR) is 233 cm³/mol. The Morgan fingerprint density at radius 1 is 0.400 bits per heavy atom. The van der Waals surface area contributed by atoms with Crippen LogP contribution in [0.15, 0.2) is 179 Å². The summed E-state index contributed by atoms with van der Waals surface area (Å²) in [5, 5.41) is 7.19. The smallest absolute Gasteiger partial charge is 0.227 e. The minimum atomic E-state index is 0.606. The zero-order chi connectivity index (χ0) is 36.0. The molecule has 4 heterocycles. The summed E-state index contributed by atoms with van der Waals surface area (Å²) in [6.45, 7) is 0. The molecule has 12 rings (SSSR count). The van der Waals surface area contributed by atoms with Crippen LogP contribution in [0, 0.1) is 0 Å². The molecule has 0 bridgehead atoms. The quantitative estimate of drug-likeness (QED) is 0.176. The lowest BCUT2D eigenvalue weighted by Crippen LogP contribution is -2.09. The second-order valence-corrected chi connectivity index (χ2v) is 16.1. The maximum Gasteiger partial charge on any atom is 0.227 e. The van der Waals surface area contributed by atoms with E-state index in [0.29, 0.717) is 5.89 Å². The van der Waals surface area contributed by atoms with Crippen molar-refractivity contribution in [2.75, 3.05) is 4.90 Å². The van der Waals surface area contributed by atoms with Gasteiger partial charge in [-0.1, -0.05) is 84.9 Å². The van der Waals surface area contributed by atoms with E-state index >= 15 is 0 Å². The molecule has 8 aromatic carbocycles. The standard InChI is InChI=1S/C49H28N2O2S2/c1-2-9-30(10-3-1)49-50-41-28-42-38(27-43(41)53-49)37-14-8-13-34(48(37)52-42)29-17-19-31(20-18-29)51(32-21-23-46-39(25-32)35-11-4-6-15-44(35)54-46)33-22-24-47-40(26-33)36-12-5-7-16-45(36)55-47/h1-28H. The Morgan fingerprint density at radius 3 is 1.69 bits per heavy atom. The Balaban J connectivity index is 0.983. The lowest BCUT2D eigenvalue weighted by molar-refractivity contribution is 0.620. The van der Waals surface area contributed by atoms with Gasteiger partial charge in [0.25, 0.3) is 0 Å². The second-order valence-electron chi connectivity index (χ2n) is 13.9. The first-order valence-electron chi connectivity index (χ1n) is 18.3. The maximum absolute atomic E-state index is 6.62. The molecule has 0 saturated carbocycles. The van der Waals surface area contributed by atoms with E-state index in [1.54, 1.807) is 0 Å². The Kier molecular flexibility index (Phi) is 6.64. The molecule has 6 heteroatoms. The molecule has 0 aliphatic rings. The van der Waals surface area contributed by atoms with Crippen molar-refractivity contribution in [3.8, 4) is 22.6 Å². The van der Waals surface area contributed by atoms with E-state index in [1.807, 2.05) is 59.1 Å². The first-order chi connectivity index (χ1) is 27.2. The maximum atomic E-state index is 6.62. The number of anilines is 3. The molecule has 0 aliphatic carbocycles. The van der Waals surface area contributed by atoms with Crippen LogP contribution in [0.5, 0.6) is 0 Å². The molecule has 4 nitrogen and oxygen atoms in total. The number of nitrogens with zero attached hydrogens (tertiary/aromatic N) is 2. The van der Waals surface area contributed by atoms with Crippen LogP contribution in [0.2, 0.25) is 0 Å². The van der Waals surface area contributed by atoms with Crippen molar-refractivity contribution < 1.29 is 8.83 Å². The van der Waals surface area contributed by atoms with Crippen molar-refractivity contribution in [2.24, 2.45) is 0 Å². The molecule has 12 aromatic rings. The summed E-state index contributed by atoms with van der Waals surface area (Å²) in [5.41, 5.74) is 9.56. The Bertz CT molecular complexity index is 3330. The SMILES string of the molecule is c1ccc(-c2nc3cc4oc5c(-c6ccc(N(c7ccc8sc9ccccc9c8c7)c7ccc8sc9ccccc9c8c7)cc6)cccc5c4cc3o2)cc1. The van der Waals surface area contributed by atoms with Gasteiger partial charge in [0.05, 0.1) is 0 Å². The summed E-state index contributed by atoms with van der Waals surface area (Å²) in [7, 11) is 0. The number of para-hydroxylation sites is 1. The summed E-state index contributed by atoms with van der Waals surface area (Å²) in [4.78, 5) is 7.17. The Hall–Kier alpha value is -6.73.